The molecule has 0 aliphatic carbocycles. The molecule has 0 aromatic heterocycles. The molecule has 36 heavy (non-hydrogen) atoms. The number of nitrogens with zero attached hydrogens (tertiary/aromatic N) is 3. The lowest BCUT2D eigenvalue weighted by Gasteiger charge is -2.35. The molecule has 7 nitrogen and oxygen atoms in total. The minimum absolute atomic E-state index is 0.0508. The van der Waals surface area contributed by atoms with Crippen molar-refractivity contribution in [1.82, 2.24) is 9.21 Å². The van der Waals surface area contributed by atoms with E-state index in [1.165, 1.54) is 39.5 Å². The van der Waals surface area contributed by atoms with Crippen LogP contribution in [0.25, 0.3) is 11.1 Å². The van der Waals surface area contributed by atoms with Crippen molar-refractivity contribution in [1.29, 1.82) is 0 Å². The van der Waals surface area contributed by atoms with Crippen LogP contribution in [0, 0.1) is 0 Å². The van der Waals surface area contributed by atoms with Crippen molar-refractivity contribution in [2.45, 2.75) is 37.4 Å². The van der Waals surface area contributed by atoms with Crippen molar-refractivity contribution < 1.29 is 31.1 Å². The molecule has 0 atom stereocenters. The van der Waals surface area contributed by atoms with E-state index < -0.39 is 33.5 Å². The number of sulfonamides is 1. The van der Waals surface area contributed by atoms with Gasteiger partial charge in [0.2, 0.25) is 10.0 Å². The maximum atomic E-state index is 13.7. The predicted octanol–water partition coefficient (Wildman–Crippen LogP) is 6.00. The van der Waals surface area contributed by atoms with Crippen LogP contribution in [0.5, 0.6) is 0 Å². The first kappa shape index (κ1) is 28.1. The number of ether oxygens (including phenoxy) is 1. The monoisotopic (exact) mass is 561 g/mol. The van der Waals surface area contributed by atoms with Crippen LogP contribution in [-0.2, 0) is 20.9 Å². The number of hydrogen-bond acceptors (Lipinski definition) is 6. The maximum absolute atomic E-state index is 13.7. The van der Waals surface area contributed by atoms with Gasteiger partial charge in [0.25, 0.3) is 0 Å². The zero-order valence-electron chi connectivity index (χ0n) is 19.6. The number of carbonyl (C=O) groups excluding carboxylic acids is 1. The Hall–Kier alpha value is -2.50. The van der Waals surface area contributed by atoms with E-state index in [0.717, 1.165) is 6.07 Å². The van der Waals surface area contributed by atoms with Crippen LogP contribution in [0.2, 0.25) is 5.02 Å². The smallest absolute Gasteiger partial charge is 0.417 e. The number of thiocarbonyl (C=S) groups is 1. The summed E-state index contributed by atoms with van der Waals surface area (Å²) in [5.74, 6) is 0. The van der Waals surface area contributed by atoms with Gasteiger partial charge in [-0.1, -0.05) is 23.7 Å². The van der Waals surface area contributed by atoms with Crippen molar-refractivity contribution in [2.75, 3.05) is 26.2 Å². The van der Waals surface area contributed by atoms with Crippen molar-refractivity contribution in [3.63, 3.8) is 0 Å². The van der Waals surface area contributed by atoms with E-state index in [1.54, 1.807) is 20.8 Å². The molecule has 0 N–H and O–H groups in total. The normalized spacial score (nSPS) is 15.4. The van der Waals surface area contributed by atoms with E-state index in [4.69, 9.17) is 16.3 Å². The summed E-state index contributed by atoms with van der Waals surface area (Å²) in [4.78, 5) is 17.1. The Bertz CT molecular complexity index is 1300. The van der Waals surface area contributed by atoms with Crippen LogP contribution in [0.3, 0.4) is 0 Å². The third kappa shape index (κ3) is 6.43. The molecule has 0 radical (unpaired) electrons. The summed E-state index contributed by atoms with van der Waals surface area (Å²) in [5, 5.41) is 1.79. The van der Waals surface area contributed by atoms with Gasteiger partial charge in [0.15, 0.2) is 0 Å². The predicted molar refractivity (Wildman–Crippen MR) is 133 cm³/mol. The number of alkyl halides is 3. The minimum atomic E-state index is -4.75. The SMILES string of the molecule is CC(C)(C)OC(=O)N1CCN(S(=O)(=O)c2ccc(-c3c(Cl)cc(N=C=S)cc3C(F)(F)F)cc2)CC1. The first-order valence-corrected chi connectivity index (χ1v) is 12.9. The van der Waals surface area contributed by atoms with Crippen LogP contribution in [0.4, 0.5) is 23.7 Å². The molecule has 2 aromatic carbocycles. The third-order valence-corrected chi connectivity index (χ3v) is 7.53. The highest BCUT2D eigenvalue weighted by Gasteiger charge is 2.36. The van der Waals surface area contributed by atoms with E-state index in [2.05, 4.69) is 17.2 Å². The topological polar surface area (TPSA) is 79.3 Å². The van der Waals surface area contributed by atoms with Crippen LogP contribution in [0.15, 0.2) is 46.3 Å². The lowest BCUT2D eigenvalue weighted by Crippen LogP contribution is -2.51. The molecule has 1 aliphatic heterocycles. The molecule has 1 aliphatic rings. The highest BCUT2D eigenvalue weighted by molar-refractivity contribution is 7.89. The van der Waals surface area contributed by atoms with Gasteiger partial charge < -0.3 is 9.64 Å². The summed E-state index contributed by atoms with van der Waals surface area (Å²) in [6, 6.07) is 7.01. The van der Waals surface area contributed by atoms with E-state index in [9.17, 15) is 26.4 Å². The first-order valence-electron chi connectivity index (χ1n) is 10.7. The van der Waals surface area contributed by atoms with Gasteiger partial charge in [-0.25, -0.2) is 13.2 Å². The molecular formula is C23H23ClF3N3O4S2. The Morgan fingerprint density at radius 3 is 2.17 bits per heavy atom. The fourth-order valence-electron chi connectivity index (χ4n) is 3.61. The van der Waals surface area contributed by atoms with Crippen molar-refractivity contribution >= 4 is 50.8 Å². The molecule has 2 aromatic rings. The van der Waals surface area contributed by atoms with Crippen molar-refractivity contribution in [2.24, 2.45) is 4.99 Å². The molecule has 0 spiro atoms. The van der Waals surface area contributed by atoms with Crippen LogP contribution in [-0.4, -0.2) is 60.7 Å². The summed E-state index contributed by atoms with van der Waals surface area (Å²) in [6.45, 7) is 5.61. The lowest BCUT2D eigenvalue weighted by molar-refractivity contribution is -0.137. The van der Waals surface area contributed by atoms with Crippen LogP contribution >= 0.6 is 23.8 Å². The summed E-state index contributed by atoms with van der Waals surface area (Å²) in [6.07, 6.45) is -5.27. The van der Waals surface area contributed by atoms with Gasteiger partial charge in [0.1, 0.15) is 5.60 Å². The average Bonchev–Trinajstić information content (AvgIpc) is 2.77. The molecule has 194 valence electrons. The highest BCUT2D eigenvalue weighted by Crippen LogP contribution is 2.43. The average molecular weight is 562 g/mol. The number of isothiocyanates is 1. The summed E-state index contributed by atoms with van der Waals surface area (Å²) >= 11 is 10.6. The molecule has 13 heteroatoms. The Labute approximate surface area is 217 Å². The zero-order valence-corrected chi connectivity index (χ0v) is 22.0. The maximum Gasteiger partial charge on any atom is 0.417 e. The number of benzene rings is 2. The van der Waals surface area contributed by atoms with Crippen molar-refractivity contribution in [3.8, 4) is 11.1 Å². The van der Waals surface area contributed by atoms with Crippen LogP contribution in [0.1, 0.15) is 26.3 Å². The second-order valence-electron chi connectivity index (χ2n) is 8.95. The highest BCUT2D eigenvalue weighted by atomic mass is 35.5. The second kappa shape index (κ2) is 10.5. The van der Waals surface area contributed by atoms with E-state index in [1.807, 2.05) is 5.16 Å². The second-order valence-corrected chi connectivity index (χ2v) is 11.5. The molecule has 1 heterocycles. The molecule has 1 fully saturated rings. The van der Waals surface area contributed by atoms with Gasteiger partial charge >= 0.3 is 12.3 Å². The van der Waals surface area contributed by atoms with Gasteiger partial charge in [-0.15, -0.1) is 0 Å². The van der Waals surface area contributed by atoms with Crippen LogP contribution < -0.4 is 0 Å². The summed E-state index contributed by atoms with van der Waals surface area (Å²) in [5.41, 5.74) is -2.03. The standard InChI is InChI=1S/C23H23ClF3N3O4S2/c1-22(2,3)34-21(31)29-8-10-30(11-9-29)36(32,33)17-6-4-15(5-7-17)20-18(23(25,26)27)12-16(28-14-35)13-19(20)24/h4-7,12-13H,8-11H2,1-3H3. The fraction of sp³-hybridized carbons (Fsp3) is 0.391. The Morgan fingerprint density at radius 2 is 1.67 bits per heavy atom. The molecule has 3 rings (SSSR count). The van der Waals surface area contributed by atoms with E-state index in [-0.39, 0.29) is 52.9 Å². The molecule has 0 saturated carbocycles. The quantitative estimate of drug-likeness (QED) is 0.338. The van der Waals surface area contributed by atoms with Gasteiger partial charge in [0, 0.05) is 31.7 Å². The molecule has 0 bridgehead atoms. The van der Waals surface area contributed by atoms with Gasteiger partial charge in [-0.3, -0.25) is 0 Å². The number of amides is 1. The molecular weight excluding hydrogens is 539 g/mol. The van der Waals surface area contributed by atoms with Gasteiger partial charge in [0.05, 0.1) is 26.3 Å². The summed E-state index contributed by atoms with van der Waals surface area (Å²) in [7, 11) is -3.94. The van der Waals surface area contributed by atoms with E-state index >= 15 is 0 Å². The fourth-order valence-corrected chi connectivity index (χ4v) is 5.46. The number of hydrogen-bond donors (Lipinski definition) is 0. The minimum Gasteiger partial charge on any atom is -0.444 e. The summed E-state index contributed by atoms with van der Waals surface area (Å²) < 4.78 is 74.0. The van der Waals surface area contributed by atoms with Gasteiger partial charge in [-0.05, 0) is 62.8 Å². The number of piperazine rings is 1. The largest absolute Gasteiger partial charge is 0.444 e. The number of rotatable bonds is 4. The molecule has 0 unspecified atom stereocenters. The lowest BCUT2D eigenvalue weighted by atomic mass is 9.98. The third-order valence-electron chi connectivity index (χ3n) is 5.23. The Balaban J connectivity index is 1.84. The molecule has 1 saturated heterocycles. The number of aliphatic imine (C=N–C) groups is 1. The van der Waals surface area contributed by atoms with Gasteiger partial charge in [-0.2, -0.15) is 22.5 Å². The Morgan fingerprint density at radius 1 is 1.08 bits per heavy atom. The zero-order chi connectivity index (χ0) is 26.9. The number of halogens is 4. The van der Waals surface area contributed by atoms with Crippen molar-refractivity contribution in [3.05, 3.63) is 47.0 Å². The number of carbonyl (C=O) groups is 1. The van der Waals surface area contributed by atoms with E-state index in [0.29, 0.717) is 0 Å². The first-order chi connectivity index (χ1) is 16.6. The molecule has 1 amide bonds. The Kier molecular flexibility index (Phi) is 8.17.